The number of nitriles is 1. The first-order valence-corrected chi connectivity index (χ1v) is 7.23. The summed E-state index contributed by atoms with van der Waals surface area (Å²) in [4.78, 5) is 0.975. The molecule has 0 unspecified atom stereocenters. The van der Waals surface area contributed by atoms with E-state index in [1.54, 1.807) is 25.6 Å². The fourth-order valence-corrected chi connectivity index (χ4v) is 3.40. The Morgan fingerprint density at radius 1 is 0.952 bits per heavy atom. The van der Waals surface area contributed by atoms with Crippen molar-refractivity contribution < 1.29 is 9.47 Å². The van der Waals surface area contributed by atoms with Crippen molar-refractivity contribution in [2.45, 2.75) is 0 Å². The number of benzene rings is 2. The molecule has 0 fully saturated rings. The van der Waals surface area contributed by atoms with Crippen LogP contribution in [0.25, 0.3) is 20.5 Å². The first-order valence-electron chi connectivity index (χ1n) is 6.42. The molecule has 0 aliphatic rings. The third-order valence-electron chi connectivity index (χ3n) is 3.36. The van der Waals surface area contributed by atoms with Gasteiger partial charge in [-0.05, 0) is 48.0 Å². The van der Waals surface area contributed by atoms with Gasteiger partial charge in [-0.3, -0.25) is 0 Å². The van der Waals surface area contributed by atoms with Crippen LogP contribution in [0, 0.1) is 11.3 Å². The minimum absolute atomic E-state index is 0.694. The molecule has 3 rings (SSSR count). The number of thiophene rings is 1. The maximum Gasteiger partial charge on any atom is 0.119 e. The summed E-state index contributed by atoms with van der Waals surface area (Å²) < 4.78 is 11.5. The van der Waals surface area contributed by atoms with E-state index < -0.39 is 0 Å². The second-order valence-corrected chi connectivity index (χ2v) is 5.56. The number of methoxy groups -OCH3 is 2. The molecule has 0 amide bonds. The van der Waals surface area contributed by atoms with Crippen LogP contribution in [0.3, 0.4) is 0 Å². The fourth-order valence-electron chi connectivity index (χ4n) is 2.26. The maximum absolute atomic E-state index is 9.52. The Labute approximate surface area is 127 Å². The Hall–Kier alpha value is -2.51. The monoisotopic (exact) mass is 295 g/mol. The predicted octanol–water partition coefficient (Wildman–Crippen LogP) is 4.46. The highest BCUT2D eigenvalue weighted by Gasteiger charge is 2.14. The van der Waals surface area contributed by atoms with Crippen LogP contribution in [0.1, 0.15) is 5.56 Å². The molecule has 0 spiro atoms. The van der Waals surface area contributed by atoms with Crippen molar-refractivity contribution in [3.63, 3.8) is 0 Å². The number of hydrogen-bond donors (Lipinski definition) is 0. The third kappa shape index (κ3) is 2.32. The molecule has 1 heterocycles. The van der Waals surface area contributed by atoms with Gasteiger partial charge >= 0.3 is 0 Å². The zero-order valence-corrected chi connectivity index (χ0v) is 12.5. The quantitative estimate of drug-likeness (QED) is 0.716. The normalized spacial score (nSPS) is 10.3. The smallest absolute Gasteiger partial charge is 0.119 e. The summed E-state index contributed by atoms with van der Waals surface area (Å²) >= 11 is 1.62. The van der Waals surface area contributed by atoms with Gasteiger partial charge in [0.2, 0.25) is 0 Å². The molecule has 0 bridgehead atoms. The van der Waals surface area contributed by atoms with Gasteiger partial charge in [0.25, 0.3) is 0 Å². The van der Waals surface area contributed by atoms with Gasteiger partial charge in [-0.15, -0.1) is 11.3 Å². The van der Waals surface area contributed by atoms with Gasteiger partial charge in [0.15, 0.2) is 0 Å². The summed E-state index contributed by atoms with van der Waals surface area (Å²) in [6.07, 6.45) is 0. The van der Waals surface area contributed by atoms with Gasteiger partial charge in [0.1, 0.15) is 17.6 Å². The molecule has 3 aromatic rings. The molecule has 1 aromatic heterocycles. The minimum atomic E-state index is 0.694. The fraction of sp³-hybridized carbons (Fsp3) is 0.118. The van der Waals surface area contributed by atoms with Crippen LogP contribution >= 0.6 is 11.3 Å². The standard InChI is InChI=1S/C17H13NO2S/c1-19-12-5-3-11(4-6-12)17-15(10-18)14-9-13(20-2)7-8-16(14)21-17/h3-9H,1-2H3. The number of fused-ring (bicyclic) bond motifs is 1. The lowest BCUT2D eigenvalue weighted by Gasteiger charge is -2.02. The Morgan fingerprint density at radius 3 is 2.24 bits per heavy atom. The third-order valence-corrected chi connectivity index (χ3v) is 4.58. The highest BCUT2D eigenvalue weighted by molar-refractivity contribution is 7.22. The van der Waals surface area contributed by atoms with Crippen LogP contribution in [0.2, 0.25) is 0 Å². The first kappa shape index (κ1) is 13.5. The van der Waals surface area contributed by atoms with Gasteiger partial charge in [0, 0.05) is 10.1 Å². The number of hydrogen-bond acceptors (Lipinski definition) is 4. The van der Waals surface area contributed by atoms with Crippen LogP contribution in [0.15, 0.2) is 42.5 Å². The van der Waals surface area contributed by atoms with E-state index in [0.29, 0.717) is 5.56 Å². The van der Waals surface area contributed by atoms with Crippen LogP contribution in [-0.4, -0.2) is 14.2 Å². The molecule has 0 aliphatic heterocycles. The van der Waals surface area contributed by atoms with Gasteiger partial charge in [-0.25, -0.2) is 0 Å². The average molecular weight is 295 g/mol. The van der Waals surface area contributed by atoms with Crippen molar-refractivity contribution in [1.29, 1.82) is 5.26 Å². The highest BCUT2D eigenvalue weighted by Crippen LogP contribution is 2.39. The molecule has 104 valence electrons. The van der Waals surface area contributed by atoms with Gasteiger partial charge in [-0.1, -0.05) is 0 Å². The zero-order valence-electron chi connectivity index (χ0n) is 11.7. The van der Waals surface area contributed by atoms with E-state index in [4.69, 9.17) is 9.47 Å². The SMILES string of the molecule is COc1ccc(-c2sc3ccc(OC)cc3c2C#N)cc1. The first-order chi connectivity index (χ1) is 10.3. The summed E-state index contributed by atoms with van der Waals surface area (Å²) in [7, 11) is 3.27. The molecule has 0 saturated heterocycles. The molecule has 0 N–H and O–H groups in total. The number of rotatable bonds is 3. The van der Waals surface area contributed by atoms with Crippen molar-refractivity contribution in [3.05, 3.63) is 48.0 Å². The van der Waals surface area contributed by atoms with E-state index in [2.05, 4.69) is 6.07 Å². The summed E-state index contributed by atoms with van der Waals surface area (Å²) in [6, 6.07) is 15.9. The van der Waals surface area contributed by atoms with Gasteiger partial charge in [0.05, 0.1) is 24.7 Å². The van der Waals surface area contributed by atoms with Crippen molar-refractivity contribution >= 4 is 21.4 Å². The molecular weight excluding hydrogens is 282 g/mol. The van der Waals surface area contributed by atoms with Gasteiger partial charge < -0.3 is 9.47 Å². The molecule has 0 aliphatic carbocycles. The summed E-state index contributed by atoms with van der Waals surface area (Å²) in [5.41, 5.74) is 1.71. The van der Waals surface area contributed by atoms with Crippen molar-refractivity contribution in [2.24, 2.45) is 0 Å². The summed E-state index contributed by atoms with van der Waals surface area (Å²) in [5, 5.41) is 10.5. The molecule has 21 heavy (non-hydrogen) atoms. The number of ether oxygens (including phenoxy) is 2. The van der Waals surface area contributed by atoms with Crippen molar-refractivity contribution in [3.8, 4) is 28.0 Å². The molecule has 4 heteroatoms. The zero-order chi connectivity index (χ0) is 14.8. The summed E-state index contributed by atoms with van der Waals surface area (Å²) in [6.45, 7) is 0. The highest BCUT2D eigenvalue weighted by atomic mass is 32.1. The van der Waals surface area contributed by atoms with Gasteiger partial charge in [-0.2, -0.15) is 5.26 Å². The Balaban J connectivity index is 2.19. The Kier molecular flexibility index (Phi) is 3.51. The molecule has 3 nitrogen and oxygen atoms in total. The largest absolute Gasteiger partial charge is 0.497 e. The maximum atomic E-state index is 9.52. The van der Waals surface area contributed by atoms with Crippen LogP contribution in [0.5, 0.6) is 11.5 Å². The number of nitrogens with zero attached hydrogens (tertiary/aromatic N) is 1. The lowest BCUT2D eigenvalue weighted by molar-refractivity contribution is 0.415. The molecule has 0 radical (unpaired) electrons. The van der Waals surface area contributed by atoms with E-state index in [0.717, 1.165) is 32.0 Å². The lowest BCUT2D eigenvalue weighted by Crippen LogP contribution is -1.83. The predicted molar refractivity (Wildman–Crippen MR) is 85.1 cm³/mol. The molecule has 2 aromatic carbocycles. The second-order valence-electron chi connectivity index (χ2n) is 4.51. The molecule has 0 saturated carbocycles. The Bertz CT molecular complexity index is 828. The minimum Gasteiger partial charge on any atom is -0.497 e. The van der Waals surface area contributed by atoms with Crippen LogP contribution in [0.4, 0.5) is 0 Å². The van der Waals surface area contributed by atoms with E-state index in [9.17, 15) is 5.26 Å². The van der Waals surface area contributed by atoms with Crippen molar-refractivity contribution in [2.75, 3.05) is 14.2 Å². The summed E-state index contributed by atoms with van der Waals surface area (Å²) in [5.74, 6) is 1.57. The van der Waals surface area contributed by atoms with Crippen LogP contribution in [-0.2, 0) is 0 Å². The van der Waals surface area contributed by atoms with E-state index in [1.807, 2.05) is 42.5 Å². The van der Waals surface area contributed by atoms with E-state index in [1.165, 1.54) is 0 Å². The van der Waals surface area contributed by atoms with Crippen molar-refractivity contribution in [1.82, 2.24) is 0 Å². The molecular formula is C17H13NO2S. The Morgan fingerprint density at radius 2 is 1.62 bits per heavy atom. The molecule has 0 atom stereocenters. The average Bonchev–Trinajstić information content (AvgIpc) is 2.92. The lowest BCUT2D eigenvalue weighted by atomic mass is 10.1. The van der Waals surface area contributed by atoms with E-state index >= 15 is 0 Å². The topological polar surface area (TPSA) is 42.2 Å². The second kappa shape index (κ2) is 5.47. The van der Waals surface area contributed by atoms with E-state index in [-0.39, 0.29) is 0 Å². The van der Waals surface area contributed by atoms with Crippen LogP contribution < -0.4 is 9.47 Å².